The van der Waals surface area contributed by atoms with Gasteiger partial charge in [-0.15, -0.1) is 0 Å². The summed E-state index contributed by atoms with van der Waals surface area (Å²) in [7, 11) is 0. The third kappa shape index (κ3) is 4.49. The third-order valence-corrected chi connectivity index (χ3v) is 2.72. The maximum atomic E-state index is 12.0. The first-order valence-corrected chi connectivity index (χ1v) is 6.77. The zero-order valence-electron chi connectivity index (χ0n) is 12.1. The van der Waals surface area contributed by atoms with Gasteiger partial charge in [0.25, 0.3) is 5.91 Å². The zero-order valence-corrected chi connectivity index (χ0v) is 12.1. The Bertz CT molecular complexity index is 657. The van der Waals surface area contributed by atoms with E-state index in [1.54, 1.807) is 12.1 Å². The van der Waals surface area contributed by atoms with Gasteiger partial charge in [0.2, 0.25) is 5.56 Å². The van der Waals surface area contributed by atoms with Gasteiger partial charge in [0.05, 0.1) is 12.2 Å². The quantitative estimate of drug-likeness (QED) is 0.887. The number of carbonyl (C=O) groups excluding carboxylic acids is 1. The predicted octanol–water partition coefficient (Wildman–Crippen LogP) is 2.66. The van der Waals surface area contributed by atoms with Crippen molar-refractivity contribution in [1.29, 1.82) is 0 Å². The van der Waals surface area contributed by atoms with Crippen LogP contribution in [0, 0.1) is 5.92 Å². The van der Waals surface area contributed by atoms with Crippen molar-refractivity contribution in [3.8, 4) is 5.75 Å². The average molecular weight is 286 g/mol. The molecule has 0 saturated carbocycles. The monoisotopic (exact) mass is 286 g/mol. The van der Waals surface area contributed by atoms with Gasteiger partial charge in [-0.25, -0.2) is 0 Å². The van der Waals surface area contributed by atoms with Gasteiger partial charge in [0, 0.05) is 24.0 Å². The van der Waals surface area contributed by atoms with E-state index >= 15 is 0 Å². The molecule has 0 radical (unpaired) electrons. The second kappa shape index (κ2) is 6.74. The molecule has 1 aromatic heterocycles. The molecule has 0 aliphatic heterocycles. The molecule has 0 saturated heterocycles. The zero-order chi connectivity index (χ0) is 15.2. The van der Waals surface area contributed by atoms with Gasteiger partial charge in [0.1, 0.15) is 5.75 Å². The van der Waals surface area contributed by atoms with E-state index in [4.69, 9.17) is 4.74 Å². The Balaban J connectivity index is 2.05. The van der Waals surface area contributed by atoms with Gasteiger partial charge in [-0.3, -0.25) is 9.59 Å². The van der Waals surface area contributed by atoms with Crippen molar-refractivity contribution in [1.82, 2.24) is 4.98 Å². The van der Waals surface area contributed by atoms with Crippen LogP contribution in [0.15, 0.2) is 47.4 Å². The number of benzene rings is 1. The summed E-state index contributed by atoms with van der Waals surface area (Å²) in [6.45, 7) is 4.76. The van der Waals surface area contributed by atoms with Crippen LogP contribution in [0.5, 0.6) is 5.75 Å². The molecule has 0 aliphatic rings. The molecule has 21 heavy (non-hydrogen) atoms. The molecule has 0 fully saturated rings. The normalized spacial score (nSPS) is 10.4. The molecule has 0 atom stereocenters. The molecule has 2 N–H and O–H groups in total. The van der Waals surface area contributed by atoms with Crippen molar-refractivity contribution in [2.45, 2.75) is 13.8 Å². The van der Waals surface area contributed by atoms with E-state index in [2.05, 4.69) is 24.1 Å². The number of amides is 1. The van der Waals surface area contributed by atoms with Gasteiger partial charge >= 0.3 is 0 Å². The fraction of sp³-hybridized carbons (Fsp3) is 0.250. The number of rotatable bonds is 5. The van der Waals surface area contributed by atoms with Crippen molar-refractivity contribution in [2.24, 2.45) is 5.92 Å². The molecule has 0 bridgehead atoms. The lowest BCUT2D eigenvalue weighted by atomic mass is 10.2. The first-order valence-electron chi connectivity index (χ1n) is 6.77. The van der Waals surface area contributed by atoms with Crippen molar-refractivity contribution >= 4 is 11.6 Å². The van der Waals surface area contributed by atoms with E-state index in [0.29, 0.717) is 29.5 Å². The minimum atomic E-state index is -0.285. The highest BCUT2D eigenvalue weighted by atomic mass is 16.5. The van der Waals surface area contributed by atoms with E-state index in [-0.39, 0.29) is 11.5 Å². The Labute approximate surface area is 123 Å². The Hall–Kier alpha value is -2.56. The number of aromatic amines is 1. The summed E-state index contributed by atoms with van der Waals surface area (Å²) in [6, 6.07) is 10.0. The Morgan fingerprint density at radius 1 is 1.29 bits per heavy atom. The Morgan fingerprint density at radius 2 is 2.10 bits per heavy atom. The fourth-order valence-electron chi connectivity index (χ4n) is 1.68. The summed E-state index contributed by atoms with van der Waals surface area (Å²) in [4.78, 5) is 25.5. The molecule has 0 spiro atoms. The summed E-state index contributed by atoms with van der Waals surface area (Å²) < 4.78 is 5.61. The van der Waals surface area contributed by atoms with Crippen LogP contribution in [0.25, 0.3) is 0 Å². The van der Waals surface area contributed by atoms with E-state index in [1.165, 1.54) is 18.3 Å². The number of hydrogen-bond acceptors (Lipinski definition) is 3. The number of anilines is 1. The topological polar surface area (TPSA) is 71.2 Å². The molecule has 1 amide bonds. The van der Waals surface area contributed by atoms with Gasteiger partial charge in [-0.2, -0.15) is 0 Å². The summed E-state index contributed by atoms with van der Waals surface area (Å²) in [5.74, 6) is 0.861. The van der Waals surface area contributed by atoms with E-state index < -0.39 is 0 Å². The molecular formula is C16H18N2O3. The Kier molecular flexibility index (Phi) is 4.77. The predicted molar refractivity (Wildman–Crippen MR) is 81.8 cm³/mol. The van der Waals surface area contributed by atoms with Crippen LogP contribution < -0.4 is 15.6 Å². The molecule has 5 nitrogen and oxygen atoms in total. The van der Waals surface area contributed by atoms with Gasteiger partial charge < -0.3 is 15.0 Å². The number of hydrogen-bond donors (Lipinski definition) is 2. The van der Waals surface area contributed by atoms with Crippen LogP contribution in [-0.2, 0) is 0 Å². The van der Waals surface area contributed by atoms with Crippen molar-refractivity contribution < 1.29 is 9.53 Å². The molecule has 110 valence electrons. The lowest BCUT2D eigenvalue weighted by Crippen LogP contribution is -2.14. The van der Waals surface area contributed by atoms with Crippen LogP contribution in [0.2, 0.25) is 0 Å². The summed E-state index contributed by atoms with van der Waals surface area (Å²) in [6.07, 6.45) is 1.39. The standard InChI is InChI=1S/C16H18N2O3/c1-11(2)10-21-14-5-3-4-13(8-14)18-16(20)12-6-7-15(19)17-9-12/h3-9,11H,10H2,1-2H3,(H,17,19)(H,18,20). The molecule has 2 rings (SSSR count). The molecule has 1 heterocycles. The number of ether oxygens (including phenoxy) is 1. The minimum absolute atomic E-state index is 0.240. The molecule has 0 unspecified atom stereocenters. The van der Waals surface area contributed by atoms with Crippen LogP contribution in [0.1, 0.15) is 24.2 Å². The summed E-state index contributed by atoms with van der Waals surface area (Å²) >= 11 is 0. The maximum absolute atomic E-state index is 12.0. The smallest absolute Gasteiger partial charge is 0.257 e. The number of carbonyl (C=O) groups is 1. The average Bonchev–Trinajstić information content (AvgIpc) is 2.46. The number of aromatic nitrogens is 1. The summed E-state index contributed by atoms with van der Waals surface area (Å²) in [5.41, 5.74) is 0.797. The first kappa shape index (κ1) is 14.8. The molecule has 1 aromatic carbocycles. The largest absolute Gasteiger partial charge is 0.493 e. The second-order valence-electron chi connectivity index (χ2n) is 5.13. The maximum Gasteiger partial charge on any atom is 0.257 e. The van der Waals surface area contributed by atoms with Crippen LogP contribution in [-0.4, -0.2) is 17.5 Å². The SMILES string of the molecule is CC(C)COc1cccc(NC(=O)c2ccc(=O)[nH]c2)c1. The minimum Gasteiger partial charge on any atom is -0.493 e. The molecule has 5 heteroatoms. The van der Waals surface area contributed by atoms with E-state index in [0.717, 1.165) is 0 Å². The molecule has 0 aliphatic carbocycles. The molecule has 2 aromatic rings. The van der Waals surface area contributed by atoms with Crippen molar-refractivity contribution in [3.05, 3.63) is 58.5 Å². The lowest BCUT2D eigenvalue weighted by Gasteiger charge is -2.10. The van der Waals surface area contributed by atoms with Gasteiger partial charge in [-0.05, 0) is 24.1 Å². The number of H-pyrrole nitrogens is 1. The highest BCUT2D eigenvalue weighted by molar-refractivity contribution is 6.04. The fourth-order valence-corrected chi connectivity index (χ4v) is 1.68. The third-order valence-electron chi connectivity index (χ3n) is 2.72. The van der Waals surface area contributed by atoms with Crippen LogP contribution in [0.3, 0.4) is 0 Å². The van der Waals surface area contributed by atoms with Crippen molar-refractivity contribution in [3.63, 3.8) is 0 Å². The van der Waals surface area contributed by atoms with Crippen LogP contribution >= 0.6 is 0 Å². The Morgan fingerprint density at radius 3 is 2.76 bits per heavy atom. The lowest BCUT2D eigenvalue weighted by molar-refractivity contribution is 0.102. The second-order valence-corrected chi connectivity index (χ2v) is 5.13. The van der Waals surface area contributed by atoms with Gasteiger partial charge in [-0.1, -0.05) is 19.9 Å². The number of pyridine rings is 1. The molecular weight excluding hydrogens is 268 g/mol. The van der Waals surface area contributed by atoms with Gasteiger partial charge in [0.15, 0.2) is 0 Å². The number of nitrogens with one attached hydrogen (secondary N) is 2. The highest BCUT2D eigenvalue weighted by Crippen LogP contribution is 2.18. The van der Waals surface area contributed by atoms with E-state index in [1.807, 2.05) is 12.1 Å². The van der Waals surface area contributed by atoms with Crippen LogP contribution in [0.4, 0.5) is 5.69 Å². The first-order chi connectivity index (χ1) is 10.0. The van der Waals surface area contributed by atoms with E-state index in [9.17, 15) is 9.59 Å². The highest BCUT2D eigenvalue weighted by Gasteiger charge is 2.06. The van der Waals surface area contributed by atoms with Crippen molar-refractivity contribution in [2.75, 3.05) is 11.9 Å². The summed E-state index contributed by atoms with van der Waals surface area (Å²) in [5, 5.41) is 2.76.